The molecular formula is C29H48N4O2. The molecule has 0 aromatic heterocycles. The number of anilines is 1. The van der Waals surface area contributed by atoms with E-state index in [1.807, 2.05) is 23.1 Å². The third kappa shape index (κ3) is 8.32. The molecule has 1 atom stereocenters. The van der Waals surface area contributed by atoms with Crippen LogP contribution >= 0.6 is 0 Å². The van der Waals surface area contributed by atoms with Gasteiger partial charge in [0.25, 0.3) is 5.91 Å². The zero-order chi connectivity index (χ0) is 25.2. The number of likely N-dealkylation sites (N-methyl/N-ethyl adjacent to an activating group) is 1. The highest BCUT2D eigenvalue weighted by atomic mass is 16.2. The summed E-state index contributed by atoms with van der Waals surface area (Å²) in [7, 11) is 0. The van der Waals surface area contributed by atoms with Gasteiger partial charge < -0.3 is 10.2 Å². The van der Waals surface area contributed by atoms with Gasteiger partial charge in [0.15, 0.2) is 0 Å². The highest BCUT2D eigenvalue weighted by Gasteiger charge is 2.24. The number of rotatable bonds is 7. The minimum Gasteiger partial charge on any atom is -0.350 e. The molecule has 2 aliphatic rings. The van der Waals surface area contributed by atoms with E-state index in [0.29, 0.717) is 24.1 Å². The molecular weight excluding hydrogens is 436 g/mol. The Morgan fingerprint density at radius 1 is 1.03 bits per heavy atom. The first kappa shape index (κ1) is 27.7. The standard InChI is InChI=1S/C29H48N4O2/c1-5-32-17-11-12-27(32)21-30-29(35)25-13-14-28-26(20-25)22-31(19-15-23(2)3)16-9-7-6-8-10-18-33(28)24(4)34/h13-14,20,23,27H,5-12,15-19,21-22H2,1-4H3,(H,30,35). The molecule has 6 heteroatoms. The summed E-state index contributed by atoms with van der Waals surface area (Å²) < 4.78 is 0. The van der Waals surface area contributed by atoms with Gasteiger partial charge >= 0.3 is 0 Å². The molecule has 1 fully saturated rings. The van der Waals surface area contributed by atoms with Crippen molar-refractivity contribution in [1.82, 2.24) is 15.1 Å². The quantitative estimate of drug-likeness (QED) is 0.587. The van der Waals surface area contributed by atoms with E-state index in [4.69, 9.17) is 0 Å². The average molecular weight is 485 g/mol. The molecule has 2 heterocycles. The van der Waals surface area contributed by atoms with Crippen molar-refractivity contribution in [2.45, 2.75) is 91.6 Å². The van der Waals surface area contributed by atoms with Crippen molar-refractivity contribution in [3.8, 4) is 0 Å². The molecule has 0 bridgehead atoms. The molecule has 2 amide bonds. The molecule has 0 radical (unpaired) electrons. The van der Waals surface area contributed by atoms with Gasteiger partial charge in [-0.15, -0.1) is 0 Å². The number of hydrogen-bond acceptors (Lipinski definition) is 4. The summed E-state index contributed by atoms with van der Waals surface area (Å²) >= 11 is 0. The number of hydrogen-bond donors (Lipinski definition) is 1. The fourth-order valence-corrected chi connectivity index (χ4v) is 5.51. The van der Waals surface area contributed by atoms with Crippen molar-refractivity contribution >= 4 is 17.5 Å². The maximum absolute atomic E-state index is 13.1. The smallest absolute Gasteiger partial charge is 0.251 e. The Morgan fingerprint density at radius 3 is 2.49 bits per heavy atom. The van der Waals surface area contributed by atoms with Crippen LogP contribution in [0.4, 0.5) is 5.69 Å². The van der Waals surface area contributed by atoms with Gasteiger partial charge in [-0.25, -0.2) is 0 Å². The fraction of sp³-hybridized carbons (Fsp3) is 0.724. The normalized spacial score (nSPS) is 20.8. The number of amides is 2. The molecule has 1 saturated heterocycles. The van der Waals surface area contributed by atoms with Crippen molar-refractivity contribution in [3.63, 3.8) is 0 Å². The van der Waals surface area contributed by atoms with Gasteiger partial charge in [-0.2, -0.15) is 0 Å². The molecule has 1 N–H and O–H groups in total. The van der Waals surface area contributed by atoms with Crippen molar-refractivity contribution in [2.24, 2.45) is 5.92 Å². The van der Waals surface area contributed by atoms with Crippen LogP contribution in [0, 0.1) is 5.92 Å². The van der Waals surface area contributed by atoms with Crippen molar-refractivity contribution in [2.75, 3.05) is 44.2 Å². The van der Waals surface area contributed by atoms with Gasteiger partial charge in [-0.3, -0.25) is 19.4 Å². The summed E-state index contributed by atoms with van der Waals surface area (Å²) in [6.07, 6.45) is 9.36. The predicted molar refractivity (Wildman–Crippen MR) is 145 cm³/mol. The highest BCUT2D eigenvalue weighted by Crippen LogP contribution is 2.26. The zero-order valence-electron chi connectivity index (χ0n) is 22.7. The summed E-state index contributed by atoms with van der Waals surface area (Å²) in [4.78, 5) is 32.7. The Morgan fingerprint density at radius 2 is 1.77 bits per heavy atom. The van der Waals surface area contributed by atoms with E-state index >= 15 is 0 Å². The number of nitrogens with one attached hydrogen (secondary N) is 1. The maximum atomic E-state index is 13.1. The highest BCUT2D eigenvalue weighted by molar-refractivity contribution is 5.97. The maximum Gasteiger partial charge on any atom is 0.251 e. The second-order valence-corrected chi connectivity index (χ2v) is 10.9. The molecule has 2 aliphatic heterocycles. The molecule has 35 heavy (non-hydrogen) atoms. The lowest BCUT2D eigenvalue weighted by molar-refractivity contribution is -0.116. The predicted octanol–water partition coefficient (Wildman–Crippen LogP) is 5.07. The Hall–Kier alpha value is -1.92. The second-order valence-electron chi connectivity index (χ2n) is 10.9. The lowest BCUT2D eigenvalue weighted by Crippen LogP contribution is -2.40. The molecule has 1 aromatic carbocycles. The molecule has 0 saturated carbocycles. The van der Waals surface area contributed by atoms with Gasteiger partial charge in [0.05, 0.1) is 0 Å². The molecule has 1 unspecified atom stereocenters. The Kier molecular flexibility index (Phi) is 11.1. The first-order chi connectivity index (χ1) is 16.9. The first-order valence-corrected chi connectivity index (χ1v) is 14.0. The van der Waals surface area contributed by atoms with Gasteiger partial charge in [0, 0.05) is 43.9 Å². The van der Waals surface area contributed by atoms with Crippen LogP contribution in [0.15, 0.2) is 18.2 Å². The van der Waals surface area contributed by atoms with Crippen LogP contribution in [0.3, 0.4) is 0 Å². The van der Waals surface area contributed by atoms with E-state index in [-0.39, 0.29) is 11.8 Å². The van der Waals surface area contributed by atoms with Crippen molar-refractivity contribution < 1.29 is 9.59 Å². The number of carbonyl (C=O) groups excluding carboxylic acids is 2. The monoisotopic (exact) mass is 484 g/mol. The van der Waals surface area contributed by atoms with E-state index < -0.39 is 0 Å². The van der Waals surface area contributed by atoms with Crippen LogP contribution in [0.25, 0.3) is 0 Å². The van der Waals surface area contributed by atoms with Gasteiger partial charge in [-0.1, -0.05) is 40.0 Å². The molecule has 0 aliphatic carbocycles. The third-order valence-corrected chi connectivity index (χ3v) is 7.69. The third-order valence-electron chi connectivity index (χ3n) is 7.69. The number of carbonyl (C=O) groups is 2. The van der Waals surface area contributed by atoms with Crippen molar-refractivity contribution in [3.05, 3.63) is 29.3 Å². The van der Waals surface area contributed by atoms with Crippen LogP contribution < -0.4 is 10.2 Å². The van der Waals surface area contributed by atoms with E-state index in [0.717, 1.165) is 76.2 Å². The lowest BCUT2D eigenvalue weighted by Gasteiger charge is -2.29. The Bertz CT molecular complexity index is 825. The average Bonchev–Trinajstić information content (AvgIpc) is 3.29. The van der Waals surface area contributed by atoms with Crippen LogP contribution in [0.1, 0.15) is 95.0 Å². The number of likely N-dealkylation sites (tertiary alicyclic amines) is 1. The van der Waals surface area contributed by atoms with Gasteiger partial charge in [0.2, 0.25) is 5.91 Å². The Labute approximate surface area is 213 Å². The van der Waals surface area contributed by atoms with Crippen LogP contribution in [0.2, 0.25) is 0 Å². The summed E-state index contributed by atoms with van der Waals surface area (Å²) in [5, 5.41) is 3.19. The van der Waals surface area contributed by atoms with Crippen LogP contribution in [-0.2, 0) is 11.3 Å². The minimum absolute atomic E-state index is 0.00928. The number of benzene rings is 1. The lowest BCUT2D eigenvalue weighted by atomic mass is 10.0. The van der Waals surface area contributed by atoms with Gasteiger partial charge in [-0.05, 0) is 88.0 Å². The summed E-state index contributed by atoms with van der Waals surface area (Å²) in [6, 6.07) is 6.39. The molecule has 0 spiro atoms. The van der Waals surface area contributed by atoms with Crippen molar-refractivity contribution in [1.29, 1.82) is 0 Å². The topological polar surface area (TPSA) is 55.9 Å². The fourth-order valence-electron chi connectivity index (χ4n) is 5.51. The van der Waals surface area contributed by atoms with Crippen LogP contribution in [-0.4, -0.2) is 66.9 Å². The Balaban J connectivity index is 1.83. The summed E-state index contributed by atoms with van der Waals surface area (Å²) in [6.45, 7) is 14.9. The largest absolute Gasteiger partial charge is 0.350 e. The van der Waals surface area contributed by atoms with E-state index in [2.05, 4.69) is 35.9 Å². The van der Waals surface area contributed by atoms with E-state index in [1.165, 1.54) is 25.7 Å². The molecule has 1 aromatic rings. The van der Waals surface area contributed by atoms with E-state index in [1.54, 1.807) is 6.92 Å². The molecule has 6 nitrogen and oxygen atoms in total. The molecule has 3 rings (SSSR count). The molecule has 196 valence electrons. The van der Waals surface area contributed by atoms with E-state index in [9.17, 15) is 9.59 Å². The summed E-state index contributed by atoms with van der Waals surface area (Å²) in [5.41, 5.74) is 2.76. The van der Waals surface area contributed by atoms with Crippen LogP contribution in [0.5, 0.6) is 0 Å². The van der Waals surface area contributed by atoms with Gasteiger partial charge in [0.1, 0.15) is 0 Å². The number of nitrogens with zero attached hydrogens (tertiary/aromatic N) is 3. The minimum atomic E-state index is -0.00928. The zero-order valence-corrected chi connectivity index (χ0v) is 22.7. The SMILES string of the molecule is CCN1CCCC1CNC(=O)c1ccc2c(c1)CN(CCC(C)C)CCCCCCCN2C(C)=O. The number of fused-ring (bicyclic) bond motifs is 1. The second kappa shape index (κ2) is 14.0. The summed E-state index contributed by atoms with van der Waals surface area (Å²) in [5.74, 6) is 0.722. The first-order valence-electron chi connectivity index (χ1n) is 14.0.